The number of likely N-dealkylation sites (tertiary alicyclic amines) is 1. The lowest BCUT2D eigenvalue weighted by molar-refractivity contribution is 0.127. The first-order chi connectivity index (χ1) is 10.6. The van der Waals surface area contributed by atoms with Crippen molar-refractivity contribution < 1.29 is 14.6 Å². The fraction of sp³-hybridized carbons (Fsp3) is 0.471. The molecule has 22 heavy (non-hydrogen) atoms. The number of hydrogen-bond donors (Lipinski definition) is 2. The molecule has 0 radical (unpaired) electrons. The van der Waals surface area contributed by atoms with Gasteiger partial charge in [0.2, 0.25) is 0 Å². The normalized spacial score (nSPS) is 17.2. The number of nitrogens with zero attached hydrogens (tertiary/aromatic N) is 1. The highest BCUT2D eigenvalue weighted by atomic mass is 16.4. The molecule has 1 saturated heterocycles. The van der Waals surface area contributed by atoms with E-state index in [0.717, 1.165) is 36.9 Å². The average molecular weight is 303 g/mol. The maximum Gasteiger partial charge on any atom is 0.336 e. The lowest BCUT2D eigenvalue weighted by atomic mass is 9.97. The number of phenolic OH excluding ortho intramolecular Hbond substituents is 1. The minimum atomic E-state index is -0.388. The molecule has 0 aliphatic carbocycles. The number of aromatic hydroxyl groups is 1. The van der Waals surface area contributed by atoms with Crippen LogP contribution in [0, 0.1) is 12.8 Å². The highest BCUT2D eigenvalue weighted by Gasteiger charge is 2.20. The molecule has 0 saturated carbocycles. The lowest BCUT2D eigenvalue weighted by Gasteiger charge is -2.31. The molecule has 2 aromatic rings. The number of piperidine rings is 1. The predicted molar refractivity (Wildman–Crippen MR) is 84.0 cm³/mol. The Balaban J connectivity index is 1.91. The monoisotopic (exact) mass is 303 g/mol. The van der Waals surface area contributed by atoms with Gasteiger partial charge in [0.05, 0.1) is 0 Å². The Morgan fingerprint density at radius 3 is 2.73 bits per heavy atom. The molecule has 2 N–H and O–H groups in total. The molecule has 0 bridgehead atoms. The van der Waals surface area contributed by atoms with Crippen LogP contribution in [0.5, 0.6) is 5.75 Å². The Kier molecular flexibility index (Phi) is 4.18. The van der Waals surface area contributed by atoms with E-state index in [-0.39, 0.29) is 18.0 Å². The van der Waals surface area contributed by atoms with Gasteiger partial charge < -0.3 is 14.6 Å². The van der Waals surface area contributed by atoms with Crippen molar-refractivity contribution in [2.75, 3.05) is 19.7 Å². The third-order valence-corrected chi connectivity index (χ3v) is 4.58. The van der Waals surface area contributed by atoms with Gasteiger partial charge in [0, 0.05) is 30.2 Å². The van der Waals surface area contributed by atoms with Crippen molar-refractivity contribution in [3.05, 3.63) is 39.7 Å². The van der Waals surface area contributed by atoms with Gasteiger partial charge in [-0.3, -0.25) is 4.90 Å². The van der Waals surface area contributed by atoms with Crippen molar-refractivity contribution in [2.24, 2.45) is 5.92 Å². The molecular weight excluding hydrogens is 282 g/mol. The van der Waals surface area contributed by atoms with Crippen LogP contribution in [0.4, 0.5) is 0 Å². The van der Waals surface area contributed by atoms with E-state index < -0.39 is 0 Å². The van der Waals surface area contributed by atoms with Crippen LogP contribution in [-0.4, -0.2) is 34.8 Å². The summed E-state index contributed by atoms with van der Waals surface area (Å²) < 4.78 is 5.27. The molecule has 1 aliphatic rings. The van der Waals surface area contributed by atoms with Gasteiger partial charge in [-0.25, -0.2) is 4.79 Å². The summed E-state index contributed by atoms with van der Waals surface area (Å²) >= 11 is 0. The van der Waals surface area contributed by atoms with Crippen LogP contribution < -0.4 is 5.63 Å². The van der Waals surface area contributed by atoms with Crippen LogP contribution in [0.25, 0.3) is 11.0 Å². The molecule has 3 rings (SSSR count). The van der Waals surface area contributed by atoms with E-state index in [9.17, 15) is 15.0 Å². The third kappa shape index (κ3) is 2.87. The quantitative estimate of drug-likeness (QED) is 0.849. The van der Waals surface area contributed by atoms with E-state index >= 15 is 0 Å². The van der Waals surface area contributed by atoms with Crippen molar-refractivity contribution in [1.82, 2.24) is 4.90 Å². The van der Waals surface area contributed by atoms with E-state index in [1.807, 2.05) is 0 Å². The number of hydrogen-bond acceptors (Lipinski definition) is 5. The molecule has 118 valence electrons. The Bertz CT molecular complexity index is 729. The van der Waals surface area contributed by atoms with E-state index in [0.29, 0.717) is 23.6 Å². The summed E-state index contributed by atoms with van der Waals surface area (Å²) in [4.78, 5) is 14.1. The predicted octanol–water partition coefficient (Wildman–Crippen LogP) is 2.01. The number of aryl methyl sites for hydroxylation is 1. The number of fused-ring (bicyclic) bond motifs is 1. The standard InChI is InChI=1S/C17H21NO4/c1-11-15(20)3-2-14-13(8-16(21)22-17(11)14)9-18-6-4-12(10-19)5-7-18/h2-3,8,12,19-20H,4-7,9-10H2,1H3. The summed E-state index contributed by atoms with van der Waals surface area (Å²) in [6.07, 6.45) is 1.96. The van der Waals surface area contributed by atoms with E-state index in [4.69, 9.17) is 4.42 Å². The summed E-state index contributed by atoms with van der Waals surface area (Å²) in [6.45, 7) is 4.53. The highest BCUT2D eigenvalue weighted by molar-refractivity contribution is 5.84. The number of aliphatic hydroxyl groups is 1. The number of rotatable bonds is 3. The van der Waals surface area contributed by atoms with Gasteiger partial charge in [-0.2, -0.15) is 0 Å². The molecule has 0 unspecified atom stereocenters. The summed E-state index contributed by atoms with van der Waals surface area (Å²) in [7, 11) is 0. The molecule has 1 aliphatic heterocycles. The summed E-state index contributed by atoms with van der Waals surface area (Å²) in [5.41, 5.74) is 1.60. The maximum atomic E-state index is 11.8. The van der Waals surface area contributed by atoms with Gasteiger partial charge in [0.15, 0.2) is 0 Å². The SMILES string of the molecule is Cc1c(O)ccc2c(CN3CCC(CO)CC3)cc(=O)oc12. The molecule has 1 aromatic heterocycles. The first kappa shape index (κ1) is 15.1. The Morgan fingerprint density at radius 2 is 2.05 bits per heavy atom. The first-order valence-electron chi connectivity index (χ1n) is 7.67. The fourth-order valence-electron chi connectivity index (χ4n) is 3.11. The second-order valence-corrected chi connectivity index (χ2v) is 6.08. The smallest absolute Gasteiger partial charge is 0.336 e. The van der Waals surface area contributed by atoms with Crippen LogP contribution in [0.15, 0.2) is 27.4 Å². The Labute approximate surface area is 128 Å². The zero-order valence-electron chi connectivity index (χ0n) is 12.7. The van der Waals surface area contributed by atoms with Crippen molar-refractivity contribution in [1.29, 1.82) is 0 Å². The average Bonchev–Trinajstić information content (AvgIpc) is 2.52. The van der Waals surface area contributed by atoms with Gasteiger partial charge in [0.1, 0.15) is 11.3 Å². The van der Waals surface area contributed by atoms with Crippen LogP contribution in [0.2, 0.25) is 0 Å². The van der Waals surface area contributed by atoms with E-state index in [1.54, 1.807) is 19.1 Å². The molecule has 2 heterocycles. The summed E-state index contributed by atoms with van der Waals surface area (Å²) in [6, 6.07) is 4.98. The number of phenols is 1. The van der Waals surface area contributed by atoms with Gasteiger partial charge >= 0.3 is 5.63 Å². The second kappa shape index (κ2) is 6.10. The van der Waals surface area contributed by atoms with Crippen molar-refractivity contribution in [3.8, 4) is 5.75 Å². The van der Waals surface area contributed by atoms with Crippen molar-refractivity contribution in [2.45, 2.75) is 26.3 Å². The minimum absolute atomic E-state index is 0.136. The van der Waals surface area contributed by atoms with Gasteiger partial charge in [-0.15, -0.1) is 0 Å². The zero-order valence-corrected chi connectivity index (χ0v) is 12.7. The van der Waals surface area contributed by atoms with Crippen LogP contribution >= 0.6 is 0 Å². The molecule has 5 heteroatoms. The summed E-state index contributed by atoms with van der Waals surface area (Å²) in [5.74, 6) is 0.532. The van der Waals surface area contributed by atoms with Crippen molar-refractivity contribution >= 4 is 11.0 Å². The van der Waals surface area contributed by atoms with Gasteiger partial charge in [-0.1, -0.05) is 0 Å². The minimum Gasteiger partial charge on any atom is -0.508 e. The topological polar surface area (TPSA) is 73.9 Å². The van der Waals surface area contributed by atoms with Crippen LogP contribution in [0.1, 0.15) is 24.0 Å². The van der Waals surface area contributed by atoms with Gasteiger partial charge in [0.25, 0.3) is 0 Å². The number of benzene rings is 1. The van der Waals surface area contributed by atoms with E-state index in [2.05, 4.69) is 4.90 Å². The van der Waals surface area contributed by atoms with Crippen LogP contribution in [0.3, 0.4) is 0 Å². The third-order valence-electron chi connectivity index (χ3n) is 4.58. The molecule has 0 spiro atoms. The molecular formula is C17H21NO4. The van der Waals surface area contributed by atoms with E-state index in [1.165, 1.54) is 6.07 Å². The lowest BCUT2D eigenvalue weighted by Crippen LogP contribution is -2.34. The Morgan fingerprint density at radius 1 is 1.32 bits per heavy atom. The molecule has 1 fully saturated rings. The molecule has 0 amide bonds. The largest absolute Gasteiger partial charge is 0.508 e. The molecule has 0 atom stereocenters. The Hall–Kier alpha value is -1.85. The zero-order chi connectivity index (χ0) is 15.7. The summed E-state index contributed by atoms with van der Waals surface area (Å²) in [5, 5.41) is 19.9. The fourth-order valence-corrected chi connectivity index (χ4v) is 3.11. The molecule has 1 aromatic carbocycles. The van der Waals surface area contributed by atoms with Crippen molar-refractivity contribution in [3.63, 3.8) is 0 Å². The second-order valence-electron chi connectivity index (χ2n) is 6.08. The highest BCUT2D eigenvalue weighted by Crippen LogP contribution is 2.28. The first-order valence-corrected chi connectivity index (χ1v) is 7.67. The maximum absolute atomic E-state index is 11.8. The number of aliphatic hydroxyl groups excluding tert-OH is 1. The van der Waals surface area contributed by atoms with Crippen LogP contribution in [-0.2, 0) is 6.54 Å². The van der Waals surface area contributed by atoms with Gasteiger partial charge in [-0.05, 0) is 56.5 Å². The molecule has 5 nitrogen and oxygen atoms in total.